The Morgan fingerprint density at radius 3 is 2.28 bits per heavy atom. The number of nitrogens with zero attached hydrogens (tertiary/aromatic N) is 5. The molecule has 0 aliphatic carbocycles. The number of nitrogens with one attached hydrogen (secondary N) is 2. The zero-order valence-electron chi connectivity index (χ0n) is 15.7. The summed E-state index contributed by atoms with van der Waals surface area (Å²) in [5.74, 6) is 1.61. The first-order valence-corrected chi connectivity index (χ1v) is 8.73. The molecule has 7 heteroatoms. The molecule has 0 amide bonds. The molecule has 0 spiro atoms. The SMILES string of the molecule is CCN(CC)Cc1ccc(CNC(=NC)NCc2ncnn2C)cc1. The van der Waals surface area contributed by atoms with E-state index in [2.05, 4.69) is 68.7 Å². The van der Waals surface area contributed by atoms with E-state index in [0.717, 1.165) is 38.0 Å². The monoisotopic (exact) mass is 343 g/mol. The first kappa shape index (κ1) is 18.9. The van der Waals surface area contributed by atoms with Gasteiger partial charge in [-0.25, -0.2) is 4.98 Å². The van der Waals surface area contributed by atoms with Gasteiger partial charge in [0.25, 0.3) is 0 Å². The molecule has 1 aromatic heterocycles. The lowest BCUT2D eigenvalue weighted by molar-refractivity contribution is 0.296. The Balaban J connectivity index is 1.81. The van der Waals surface area contributed by atoms with Crippen LogP contribution in [0.4, 0.5) is 0 Å². The molecule has 0 bridgehead atoms. The molecular weight excluding hydrogens is 314 g/mol. The lowest BCUT2D eigenvalue weighted by Gasteiger charge is -2.18. The van der Waals surface area contributed by atoms with Gasteiger partial charge < -0.3 is 10.6 Å². The predicted octanol–water partition coefficient (Wildman–Crippen LogP) is 1.52. The molecule has 25 heavy (non-hydrogen) atoms. The molecule has 0 saturated carbocycles. The number of hydrogen-bond acceptors (Lipinski definition) is 4. The van der Waals surface area contributed by atoms with Crippen LogP contribution in [0.5, 0.6) is 0 Å². The summed E-state index contributed by atoms with van der Waals surface area (Å²) in [6.45, 7) is 8.86. The van der Waals surface area contributed by atoms with Gasteiger partial charge in [0, 0.05) is 27.2 Å². The van der Waals surface area contributed by atoms with Gasteiger partial charge >= 0.3 is 0 Å². The molecule has 0 saturated heterocycles. The van der Waals surface area contributed by atoms with Crippen molar-refractivity contribution in [2.75, 3.05) is 20.1 Å². The second kappa shape index (κ2) is 9.78. The molecule has 1 heterocycles. The van der Waals surface area contributed by atoms with E-state index in [0.29, 0.717) is 6.54 Å². The number of rotatable bonds is 8. The summed E-state index contributed by atoms with van der Waals surface area (Å²) in [5.41, 5.74) is 2.57. The Bertz CT molecular complexity index is 656. The standard InChI is InChI=1S/C18H29N7/c1-5-25(6-2)13-16-9-7-15(8-10-16)11-20-18(19-3)21-12-17-22-14-23-24(17)4/h7-10,14H,5-6,11-13H2,1-4H3,(H2,19,20,21). The first-order valence-electron chi connectivity index (χ1n) is 8.73. The maximum Gasteiger partial charge on any atom is 0.191 e. The van der Waals surface area contributed by atoms with Gasteiger partial charge in [-0.2, -0.15) is 5.10 Å². The van der Waals surface area contributed by atoms with Gasteiger partial charge in [0.1, 0.15) is 12.2 Å². The molecule has 136 valence electrons. The molecule has 7 nitrogen and oxygen atoms in total. The van der Waals surface area contributed by atoms with E-state index in [4.69, 9.17) is 0 Å². The molecule has 0 aliphatic rings. The highest BCUT2D eigenvalue weighted by molar-refractivity contribution is 5.79. The van der Waals surface area contributed by atoms with Crippen molar-refractivity contribution in [2.45, 2.75) is 33.5 Å². The average Bonchev–Trinajstić information content (AvgIpc) is 3.06. The van der Waals surface area contributed by atoms with Crippen molar-refractivity contribution in [3.05, 3.63) is 47.5 Å². The number of aryl methyl sites for hydroxylation is 1. The third-order valence-corrected chi connectivity index (χ3v) is 4.23. The van der Waals surface area contributed by atoms with Crippen molar-refractivity contribution in [2.24, 2.45) is 12.0 Å². The van der Waals surface area contributed by atoms with E-state index in [1.807, 2.05) is 7.05 Å². The van der Waals surface area contributed by atoms with Gasteiger partial charge in [-0.1, -0.05) is 38.1 Å². The summed E-state index contributed by atoms with van der Waals surface area (Å²) in [5, 5.41) is 10.6. The van der Waals surface area contributed by atoms with Crippen LogP contribution in [0.1, 0.15) is 30.8 Å². The lowest BCUT2D eigenvalue weighted by atomic mass is 10.1. The molecule has 2 rings (SSSR count). The predicted molar refractivity (Wildman–Crippen MR) is 101 cm³/mol. The molecule has 0 atom stereocenters. The second-order valence-corrected chi connectivity index (χ2v) is 5.86. The Hall–Kier alpha value is -2.41. The van der Waals surface area contributed by atoms with Crippen LogP contribution in [0, 0.1) is 0 Å². The second-order valence-electron chi connectivity index (χ2n) is 5.86. The van der Waals surface area contributed by atoms with E-state index >= 15 is 0 Å². The summed E-state index contributed by atoms with van der Waals surface area (Å²) in [6, 6.07) is 8.74. The maximum absolute atomic E-state index is 4.24. The molecule has 2 aromatic rings. The Morgan fingerprint density at radius 2 is 1.72 bits per heavy atom. The minimum atomic E-state index is 0.582. The van der Waals surface area contributed by atoms with Gasteiger partial charge in [0.05, 0.1) is 6.54 Å². The topological polar surface area (TPSA) is 70.4 Å². The van der Waals surface area contributed by atoms with Crippen LogP contribution in [-0.2, 0) is 26.7 Å². The summed E-state index contributed by atoms with van der Waals surface area (Å²) < 4.78 is 1.74. The molecule has 0 fully saturated rings. The van der Waals surface area contributed by atoms with Crippen molar-refractivity contribution < 1.29 is 0 Å². The number of hydrogen-bond donors (Lipinski definition) is 2. The summed E-state index contributed by atoms with van der Waals surface area (Å²) in [6.07, 6.45) is 1.55. The summed E-state index contributed by atoms with van der Waals surface area (Å²) in [7, 11) is 3.64. The third-order valence-electron chi connectivity index (χ3n) is 4.23. The van der Waals surface area contributed by atoms with Crippen LogP contribution in [0.2, 0.25) is 0 Å². The zero-order chi connectivity index (χ0) is 18.1. The van der Waals surface area contributed by atoms with Gasteiger partial charge in [-0.15, -0.1) is 0 Å². The van der Waals surface area contributed by atoms with Crippen molar-refractivity contribution in [3.63, 3.8) is 0 Å². The van der Waals surface area contributed by atoms with Crippen molar-refractivity contribution in [1.82, 2.24) is 30.3 Å². The Kier molecular flexibility index (Phi) is 7.40. The zero-order valence-corrected chi connectivity index (χ0v) is 15.7. The van der Waals surface area contributed by atoms with Gasteiger partial charge in [0.2, 0.25) is 0 Å². The Morgan fingerprint density at radius 1 is 1.08 bits per heavy atom. The fraction of sp³-hybridized carbons (Fsp3) is 0.500. The van der Waals surface area contributed by atoms with Gasteiger partial charge in [-0.3, -0.25) is 14.6 Å². The van der Waals surface area contributed by atoms with Crippen LogP contribution >= 0.6 is 0 Å². The summed E-state index contributed by atoms with van der Waals surface area (Å²) in [4.78, 5) is 10.8. The average molecular weight is 343 g/mol. The number of guanidine groups is 1. The molecule has 1 aromatic carbocycles. The highest BCUT2D eigenvalue weighted by Crippen LogP contribution is 2.07. The van der Waals surface area contributed by atoms with Crippen molar-refractivity contribution in [3.8, 4) is 0 Å². The fourth-order valence-electron chi connectivity index (χ4n) is 2.52. The fourth-order valence-corrected chi connectivity index (χ4v) is 2.52. The molecule has 0 unspecified atom stereocenters. The van der Waals surface area contributed by atoms with E-state index in [1.54, 1.807) is 18.1 Å². The molecule has 0 aliphatic heterocycles. The number of aliphatic imine (C=N–C) groups is 1. The number of aromatic nitrogens is 3. The van der Waals surface area contributed by atoms with Gasteiger partial charge in [0.15, 0.2) is 5.96 Å². The minimum Gasteiger partial charge on any atom is -0.352 e. The van der Waals surface area contributed by atoms with Crippen LogP contribution in [0.15, 0.2) is 35.6 Å². The van der Waals surface area contributed by atoms with Crippen LogP contribution in [-0.4, -0.2) is 45.8 Å². The van der Waals surface area contributed by atoms with Crippen LogP contribution in [0.3, 0.4) is 0 Å². The largest absolute Gasteiger partial charge is 0.352 e. The van der Waals surface area contributed by atoms with Crippen molar-refractivity contribution >= 4 is 5.96 Å². The molecular formula is C18H29N7. The maximum atomic E-state index is 4.24. The van der Waals surface area contributed by atoms with E-state index < -0.39 is 0 Å². The normalized spacial score (nSPS) is 11.8. The van der Waals surface area contributed by atoms with Crippen molar-refractivity contribution in [1.29, 1.82) is 0 Å². The number of benzene rings is 1. The first-order chi connectivity index (χ1) is 12.2. The highest BCUT2D eigenvalue weighted by Gasteiger charge is 2.04. The lowest BCUT2D eigenvalue weighted by Crippen LogP contribution is -2.36. The van der Waals surface area contributed by atoms with E-state index in [1.165, 1.54) is 11.1 Å². The minimum absolute atomic E-state index is 0.582. The van der Waals surface area contributed by atoms with Gasteiger partial charge in [-0.05, 0) is 24.2 Å². The molecule has 2 N–H and O–H groups in total. The van der Waals surface area contributed by atoms with E-state index in [-0.39, 0.29) is 0 Å². The quantitative estimate of drug-likeness (QED) is 0.562. The smallest absolute Gasteiger partial charge is 0.191 e. The van der Waals surface area contributed by atoms with Crippen LogP contribution < -0.4 is 10.6 Å². The molecule has 0 radical (unpaired) electrons. The third kappa shape index (κ3) is 5.86. The highest BCUT2D eigenvalue weighted by atomic mass is 15.3. The van der Waals surface area contributed by atoms with E-state index in [9.17, 15) is 0 Å². The Labute approximate surface area is 150 Å². The van der Waals surface area contributed by atoms with Crippen LogP contribution in [0.25, 0.3) is 0 Å². The summed E-state index contributed by atoms with van der Waals surface area (Å²) >= 11 is 0.